The van der Waals surface area contributed by atoms with Crippen molar-refractivity contribution in [1.82, 2.24) is 10.2 Å². The summed E-state index contributed by atoms with van der Waals surface area (Å²) >= 11 is 0. The molecule has 0 aliphatic heterocycles. The smallest absolute Gasteiger partial charge is 0.322 e. The van der Waals surface area contributed by atoms with Crippen molar-refractivity contribution >= 4 is 23.7 Å². The van der Waals surface area contributed by atoms with Gasteiger partial charge in [-0.05, 0) is 49.2 Å². The third-order valence-corrected chi connectivity index (χ3v) is 3.80. The van der Waals surface area contributed by atoms with Crippen LogP contribution in [-0.2, 0) is 4.79 Å². The van der Waals surface area contributed by atoms with Crippen LogP contribution in [0.3, 0.4) is 0 Å². The maximum absolute atomic E-state index is 12.0. The summed E-state index contributed by atoms with van der Waals surface area (Å²) in [6.45, 7) is 3.94. The van der Waals surface area contributed by atoms with Crippen LogP contribution >= 0.6 is 0 Å². The third-order valence-electron chi connectivity index (χ3n) is 3.80. The zero-order chi connectivity index (χ0) is 19.4. The number of aryl methyl sites for hydroxylation is 2. The summed E-state index contributed by atoms with van der Waals surface area (Å²) in [7, 11) is 0. The number of carbonyl (C=O) groups is 1. The fourth-order valence-electron chi connectivity index (χ4n) is 2.46. The van der Waals surface area contributed by atoms with Gasteiger partial charge in [-0.15, -0.1) is 5.10 Å². The molecule has 0 saturated heterocycles. The van der Waals surface area contributed by atoms with Gasteiger partial charge in [-0.1, -0.05) is 22.8 Å². The van der Waals surface area contributed by atoms with Gasteiger partial charge >= 0.3 is 6.01 Å². The van der Waals surface area contributed by atoms with Gasteiger partial charge in [0.2, 0.25) is 5.89 Å². The standard InChI is InChI=1S/C19H16N4O4/c1-12-3-9-16(13(2)11-12)18-21-22-19(27-18)20-17(24)10-6-14-4-7-15(8-5-14)23(25)26/h3-11H,1-2H3,(H,20,22,24)/b10-6+. The van der Waals surface area contributed by atoms with Crippen LogP contribution < -0.4 is 5.32 Å². The number of carbonyl (C=O) groups excluding carboxylic acids is 1. The van der Waals surface area contributed by atoms with Crippen molar-refractivity contribution in [2.45, 2.75) is 13.8 Å². The van der Waals surface area contributed by atoms with E-state index in [1.807, 2.05) is 32.0 Å². The molecule has 8 nitrogen and oxygen atoms in total. The van der Waals surface area contributed by atoms with Gasteiger partial charge in [0, 0.05) is 23.8 Å². The average Bonchev–Trinajstić information content (AvgIpc) is 3.08. The Balaban J connectivity index is 1.66. The Labute approximate surface area is 154 Å². The molecule has 2 aromatic carbocycles. The van der Waals surface area contributed by atoms with Gasteiger partial charge in [0.1, 0.15) is 0 Å². The van der Waals surface area contributed by atoms with Crippen LogP contribution in [0.15, 0.2) is 53.0 Å². The van der Waals surface area contributed by atoms with Gasteiger partial charge in [-0.3, -0.25) is 20.2 Å². The number of nitro groups is 1. The molecule has 3 aromatic rings. The van der Waals surface area contributed by atoms with Crippen LogP contribution in [0.25, 0.3) is 17.5 Å². The van der Waals surface area contributed by atoms with Crippen molar-refractivity contribution in [2.24, 2.45) is 0 Å². The number of nitrogens with one attached hydrogen (secondary N) is 1. The number of anilines is 1. The van der Waals surface area contributed by atoms with Gasteiger partial charge in [0.05, 0.1) is 4.92 Å². The molecule has 0 unspecified atom stereocenters. The Morgan fingerprint density at radius 3 is 2.56 bits per heavy atom. The van der Waals surface area contributed by atoms with Crippen LogP contribution in [0.1, 0.15) is 16.7 Å². The van der Waals surface area contributed by atoms with Crippen molar-refractivity contribution in [3.63, 3.8) is 0 Å². The van der Waals surface area contributed by atoms with E-state index in [0.717, 1.165) is 16.7 Å². The lowest BCUT2D eigenvalue weighted by atomic mass is 10.1. The maximum atomic E-state index is 12.0. The van der Waals surface area contributed by atoms with Crippen LogP contribution in [0.5, 0.6) is 0 Å². The lowest BCUT2D eigenvalue weighted by molar-refractivity contribution is -0.384. The van der Waals surface area contributed by atoms with Crippen molar-refractivity contribution in [2.75, 3.05) is 5.32 Å². The second kappa shape index (κ2) is 7.61. The van der Waals surface area contributed by atoms with Crippen LogP contribution in [-0.4, -0.2) is 21.0 Å². The number of hydrogen-bond donors (Lipinski definition) is 1. The summed E-state index contributed by atoms with van der Waals surface area (Å²) in [4.78, 5) is 22.1. The number of nitrogens with zero attached hydrogens (tertiary/aromatic N) is 3. The van der Waals surface area contributed by atoms with Crippen molar-refractivity contribution in [1.29, 1.82) is 0 Å². The quantitative estimate of drug-likeness (QED) is 0.417. The maximum Gasteiger partial charge on any atom is 0.322 e. The molecule has 1 amide bonds. The van der Waals surface area contributed by atoms with E-state index in [1.165, 1.54) is 24.3 Å². The Morgan fingerprint density at radius 2 is 1.89 bits per heavy atom. The van der Waals surface area contributed by atoms with Gasteiger partial charge in [0.25, 0.3) is 11.6 Å². The number of non-ortho nitro benzene ring substituents is 1. The first-order chi connectivity index (χ1) is 12.9. The lowest BCUT2D eigenvalue weighted by Crippen LogP contribution is -2.07. The number of aromatic nitrogens is 2. The molecule has 0 bridgehead atoms. The molecule has 0 spiro atoms. The van der Waals surface area contributed by atoms with E-state index in [9.17, 15) is 14.9 Å². The van der Waals surface area contributed by atoms with E-state index < -0.39 is 10.8 Å². The second-order valence-corrected chi connectivity index (χ2v) is 5.90. The summed E-state index contributed by atoms with van der Waals surface area (Å²) < 4.78 is 5.49. The largest absolute Gasteiger partial charge is 0.403 e. The Bertz CT molecular complexity index is 1020. The van der Waals surface area contributed by atoms with Gasteiger partial charge in [-0.2, -0.15) is 0 Å². The molecule has 27 heavy (non-hydrogen) atoms. The zero-order valence-corrected chi connectivity index (χ0v) is 14.7. The third kappa shape index (κ3) is 4.43. The summed E-state index contributed by atoms with van der Waals surface area (Å²) in [5.74, 6) is -0.133. The predicted molar refractivity (Wildman–Crippen MR) is 100.0 cm³/mol. The minimum absolute atomic E-state index is 0.0108. The van der Waals surface area contributed by atoms with Crippen molar-refractivity contribution in [3.8, 4) is 11.5 Å². The van der Waals surface area contributed by atoms with E-state index in [-0.39, 0.29) is 11.7 Å². The first-order valence-electron chi connectivity index (χ1n) is 8.07. The average molecular weight is 364 g/mol. The van der Waals surface area contributed by atoms with Crippen LogP contribution in [0.4, 0.5) is 11.7 Å². The first kappa shape index (κ1) is 18.0. The number of amides is 1. The summed E-state index contributed by atoms with van der Waals surface area (Å²) in [6, 6.07) is 11.7. The molecule has 1 N–H and O–H groups in total. The molecule has 0 aliphatic rings. The minimum Gasteiger partial charge on any atom is -0.403 e. The first-order valence-corrected chi connectivity index (χ1v) is 8.07. The Hall–Kier alpha value is -3.81. The van der Waals surface area contributed by atoms with E-state index in [2.05, 4.69) is 15.5 Å². The number of benzene rings is 2. The van der Waals surface area contributed by atoms with Crippen molar-refractivity contribution < 1.29 is 14.1 Å². The Kier molecular flexibility index (Phi) is 5.07. The summed E-state index contributed by atoms with van der Waals surface area (Å²) in [5.41, 5.74) is 3.56. The van der Waals surface area contributed by atoms with E-state index in [1.54, 1.807) is 12.1 Å². The highest BCUT2D eigenvalue weighted by atomic mass is 16.6. The number of hydrogen-bond acceptors (Lipinski definition) is 6. The van der Waals surface area contributed by atoms with Crippen molar-refractivity contribution in [3.05, 3.63) is 75.3 Å². The molecule has 0 aliphatic carbocycles. The number of rotatable bonds is 5. The Morgan fingerprint density at radius 1 is 1.15 bits per heavy atom. The van der Waals surface area contributed by atoms with Crippen LogP contribution in [0.2, 0.25) is 0 Å². The molecule has 0 radical (unpaired) electrons. The summed E-state index contributed by atoms with van der Waals surface area (Å²) in [5, 5.41) is 20.9. The highest BCUT2D eigenvalue weighted by Gasteiger charge is 2.12. The molecule has 8 heteroatoms. The van der Waals surface area contributed by atoms with Gasteiger partial charge in [0.15, 0.2) is 0 Å². The highest BCUT2D eigenvalue weighted by molar-refractivity contribution is 6.00. The number of nitro benzene ring substituents is 1. The van der Waals surface area contributed by atoms with Gasteiger partial charge in [-0.25, -0.2) is 0 Å². The fraction of sp³-hybridized carbons (Fsp3) is 0.105. The SMILES string of the molecule is Cc1ccc(-c2nnc(NC(=O)/C=C/c3ccc([N+](=O)[O-])cc3)o2)c(C)c1. The molecule has 1 aromatic heterocycles. The molecule has 136 valence electrons. The monoisotopic (exact) mass is 364 g/mol. The topological polar surface area (TPSA) is 111 Å². The van der Waals surface area contributed by atoms with E-state index in [4.69, 9.17) is 4.42 Å². The molecule has 1 heterocycles. The van der Waals surface area contributed by atoms with Gasteiger partial charge < -0.3 is 4.42 Å². The predicted octanol–water partition coefficient (Wildman–Crippen LogP) is 3.91. The zero-order valence-electron chi connectivity index (χ0n) is 14.7. The molecule has 0 fully saturated rings. The molecule has 3 rings (SSSR count). The van der Waals surface area contributed by atoms with E-state index in [0.29, 0.717) is 11.5 Å². The molecule has 0 atom stereocenters. The summed E-state index contributed by atoms with van der Waals surface area (Å²) in [6.07, 6.45) is 2.81. The normalized spacial score (nSPS) is 10.9. The minimum atomic E-state index is -0.483. The lowest BCUT2D eigenvalue weighted by Gasteiger charge is -2.01. The molecular formula is C19H16N4O4. The van der Waals surface area contributed by atoms with Crippen LogP contribution in [0, 0.1) is 24.0 Å². The molecular weight excluding hydrogens is 348 g/mol. The van der Waals surface area contributed by atoms with E-state index >= 15 is 0 Å². The molecule has 0 saturated carbocycles. The highest BCUT2D eigenvalue weighted by Crippen LogP contribution is 2.24. The fourth-order valence-corrected chi connectivity index (χ4v) is 2.46. The second-order valence-electron chi connectivity index (χ2n) is 5.90.